The number of ketones is 1. The van der Waals surface area contributed by atoms with Crippen molar-refractivity contribution < 1.29 is 47.7 Å². The first-order chi connectivity index (χ1) is 21.5. The second-order valence-corrected chi connectivity index (χ2v) is 11.6. The van der Waals surface area contributed by atoms with Gasteiger partial charge in [-0.1, -0.05) is 72.1 Å². The molecular formula is C31H32N2O10S2. The van der Waals surface area contributed by atoms with Gasteiger partial charge in [-0.3, -0.25) is 24.0 Å². The standard InChI is InChI=1S/C31H32N2O10S2/c1-18(34)39-16-25-27(40-19(2)35)28(41-20(3)36)29(42-21(4)37)30(43-25)33-31(26(15-32)45-23-13-9-6-10-14-23)44-17-24(38)22-11-7-5-8-12-22/h5-14,25,27-30,33H,16-17H2,1-4H3/b31-26+/t25-,27-,28+,29-,30-/m1/s1. The van der Waals surface area contributed by atoms with Crippen LogP contribution >= 0.6 is 23.5 Å². The first-order valence-corrected chi connectivity index (χ1v) is 15.4. The van der Waals surface area contributed by atoms with Crippen LogP contribution in [0, 0.1) is 11.3 Å². The Balaban J connectivity index is 2.07. The van der Waals surface area contributed by atoms with Crippen LogP contribution in [0.15, 0.2) is 75.5 Å². The molecule has 0 radical (unpaired) electrons. The van der Waals surface area contributed by atoms with Gasteiger partial charge in [0.1, 0.15) is 23.7 Å². The van der Waals surface area contributed by atoms with Crippen molar-refractivity contribution in [3.05, 3.63) is 76.2 Å². The lowest BCUT2D eigenvalue weighted by molar-refractivity contribution is -0.256. The Hall–Kier alpha value is -4.32. The summed E-state index contributed by atoms with van der Waals surface area (Å²) in [4.78, 5) is 62.1. The first kappa shape index (κ1) is 35.2. The molecule has 45 heavy (non-hydrogen) atoms. The number of carbonyl (C=O) groups excluding carboxylic acids is 5. The van der Waals surface area contributed by atoms with Crippen molar-refractivity contribution in [2.75, 3.05) is 12.4 Å². The number of Topliss-reactive ketones (excluding diaryl/α,β-unsaturated/α-hetero) is 1. The van der Waals surface area contributed by atoms with Gasteiger partial charge < -0.3 is 29.0 Å². The summed E-state index contributed by atoms with van der Waals surface area (Å²) in [5.74, 6) is -3.27. The van der Waals surface area contributed by atoms with E-state index in [1.165, 1.54) is 6.92 Å². The number of benzene rings is 2. The molecule has 14 heteroatoms. The smallest absolute Gasteiger partial charge is 0.303 e. The van der Waals surface area contributed by atoms with Crippen molar-refractivity contribution >= 4 is 53.2 Å². The monoisotopic (exact) mass is 656 g/mol. The minimum absolute atomic E-state index is 0.0852. The zero-order chi connectivity index (χ0) is 32.9. The summed E-state index contributed by atoms with van der Waals surface area (Å²) in [5.41, 5.74) is 0.464. The molecule has 1 fully saturated rings. The van der Waals surface area contributed by atoms with Gasteiger partial charge in [-0.25, -0.2) is 0 Å². The van der Waals surface area contributed by atoms with Crippen LogP contribution < -0.4 is 5.32 Å². The third kappa shape index (κ3) is 11.0. The number of nitrogens with one attached hydrogen (secondary N) is 1. The van der Waals surface area contributed by atoms with Crippen LogP contribution in [-0.2, 0) is 42.9 Å². The Morgan fingerprint density at radius 2 is 1.36 bits per heavy atom. The molecule has 0 aromatic heterocycles. The Morgan fingerprint density at radius 3 is 1.91 bits per heavy atom. The van der Waals surface area contributed by atoms with Gasteiger partial charge in [-0.2, -0.15) is 5.26 Å². The van der Waals surface area contributed by atoms with E-state index in [2.05, 4.69) is 11.4 Å². The molecule has 1 saturated heterocycles. The molecule has 0 unspecified atom stereocenters. The van der Waals surface area contributed by atoms with Gasteiger partial charge in [0.25, 0.3) is 0 Å². The number of esters is 4. The van der Waals surface area contributed by atoms with E-state index >= 15 is 0 Å². The highest BCUT2D eigenvalue weighted by Gasteiger charge is 2.52. The zero-order valence-corrected chi connectivity index (χ0v) is 26.6. The van der Waals surface area contributed by atoms with Crippen LogP contribution in [0.1, 0.15) is 38.1 Å². The fraction of sp³-hybridized carbons (Fsp3) is 0.355. The molecule has 1 N–H and O–H groups in total. The summed E-state index contributed by atoms with van der Waals surface area (Å²) in [7, 11) is 0. The quantitative estimate of drug-likeness (QED) is 0.109. The maximum atomic E-state index is 13.0. The molecular weight excluding hydrogens is 624 g/mol. The minimum atomic E-state index is -1.41. The molecule has 0 bridgehead atoms. The lowest BCUT2D eigenvalue weighted by Crippen LogP contribution is -2.65. The Bertz CT molecular complexity index is 1450. The molecule has 1 heterocycles. The summed E-state index contributed by atoms with van der Waals surface area (Å²) in [5, 5.41) is 13.5. The predicted octanol–water partition coefficient (Wildman–Crippen LogP) is 3.76. The molecule has 1 aliphatic heterocycles. The van der Waals surface area contributed by atoms with Gasteiger partial charge in [0.2, 0.25) is 0 Å². The Kier molecular flexibility index (Phi) is 13.5. The van der Waals surface area contributed by atoms with E-state index in [1.807, 2.05) is 6.07 Å². The molecule has 0 spiro atoms. The fourth-order valence-electron chi connectivity index (χ4n) is 4.22. The van der Waals surface area contributed by atoms with Crippen molar-refractivity contribution in [1.82, 2.24) is 5.32 Å². The highest BCUT2D eigenvalue weighted by Crippen LogP contribution is 2.35. The molecule has 3 rings (SSSR count). The zero-order valence-electron chi connectivity index (χ0n) is 24.9. The lowest BCUT2D eigenvalue weighted by atomic mass is 9.97. The second-order valence-electron chi connectivity index (χ2n) is 9.53. The van der Waals surface area contributed by atoms with Crippen molar-refractivity contribution in [2.45, 2.75) is 63.2 Å². The van der Waals surface area contributed by atoms with E-state index in [9.17, 15) is 29.2 Å². The number of hydrogen-bond donors (Lipinski definition) is 1. The average molecular weight is 657 g/mol. The van der Waals surface area contributed by atoms with Crippen molar-refractivity contribution in [3.63, 3.8) is 0 Å². The van der Waals surface area contributed by atoms with Crippen molar-refractivity contribution in [1.29, 1.82) is 5.26 Å². The van der Waals surface area contributed by atoms with Crippen LogP contribution in [-0.4, -0.2) is 72.7 Å². The molecule has 0 aliphatic carbocycles. The molecule has 2 aromatic carbocycles. The molecule has 2 aromatic rings. The van der Waals surface area contributed by atoms with E-state index in [0.29, 0.717) is 5.56 Å². The first-order valence-electron chi connectivity index (χ1n) is 13.6. The SMILES string of the molecule is CC(=O)OC[C@H]1O[C@@H](N/C(SCC(=O)c2ccccc2)=C(/C#N)Sc2ccccc2)[C@H](OC(C)=O)[C@@H](OC(C)=O)[C@@H]1OC(C)=O. The predicted molar refractivity (Wildman–Crippen MR) is 163 cm³/mol. The van der Waals surface area contributed by atoms with Crippen LogP contribution in [0.5, 0.6) is 0 Å². The number of allylic oxidation sites excluding steroid dienone is 1. The summed E-state index contributed by atoms with van der Waals surface area (Å²) < 4.78 is 27.8. The van der Waals surface area contributed by atoms with Gasteiger partial charge in [-0.15, -0.1) is 0 Å². The van der Waals surface area contributed by atoms with Gasteiger partial charge in [0.05, 0.1) is 10.8 Å². The summed E-state index contributed by atoms with van der Waals surface area (Å²) in [6.45, 7) is 4.13. The number of nitrogens with zero attached hydrogens (tertiary/aromatic N) is 1. The molecule has 5 atom stereocenters. The van der Waals surface area contributed by atoms with E-state index in [4.69, 9.17) is 23.7 Å². The minimum Gasteiger partial charge on any atom is -0.463 e. The van der Waals surface area contributed by atoms with Crippen LogP contribution in [0.4, 0.5) is 0 Å². The van der Waals surface area contributed by atoms with Gasteiger partial charge >= 0.3 is 23.9 Å². The molecule has 1 aliphatic rings. The number of rotatable bonds is 13. The van der Waals surface area contributed by atoms with E-state index in [0.717, 1.165) is 49.2 Å². The topological polar surface area (TPSA) is 167 Å². The summed E-state index contributed by atoms with van der Waals surface area (Å²) in [6, 6.07) is 19.8. The average Bonchev–Trinajstić information content (AvgIpc) is 3.00. The Morgan fingerprint density at radius 1 is 0.800 bits per heavy atom. The molecule has 12 nitrogen and oxygen atoms in total. The number of carbonyl (C=O) groups is 5. The fourth-order valence-corrected chi connectivity index (χ4v) is 6.06. The van der Waals surface area contributed by atoms with E-state index in [1.54, 1.807) is 54.6 Å². The Labute approximate surface area is 268 Å². The third-order valence-corrected chi connectivity index (χ3v) is 8.13. The van der Waals surface area contributed by atoms with Crippen LogP contribution in [0.3, 0.4) is 0 Å². The van der Waals surface area contributed by atoms with Crippen LogP contribution in [0.25, 0.3) is 0 Å². The maximum Gasteiger partial charge on any atom is 0.303 e. The number of ether oxygens (including phenoxy) is 5. The molecule has 238 valence electrons. The van der Waals surface area contributed by atoms with Gasteiger partial charge in [0, 0.05) is 38.2 Å². The largest absolute Gasteiger partial charge is 0.463 e. The van der Waals surface area contributed by atoms with E-state index in [-0.39, 0.29) is 21.5 Å². The van der Waals surface area contributed by atoms with Crippen LogP contribution in [0.2, 0.25) is 0 Å². The van der Waals surface area contributed by atoms with Crippen molar-refractivity contribution in [2.24, 2.45) is 0 Å². The number of nitriles is 1. The lowest BCUT2D eigenvalue weighted by Gasteiger charge is -2.44. The highest BCUT2D eigenvalue weighted by molar-refractivity contribution is 8.07. The molecule has 0 amide bonds. The summed E-state index contributed by atoms with van der Waals surface area (Å²) in [6.07, 6.45) is -6.70. The van der Waals surface area contributed by atoms with Crippen molar-refractivity contribution in [3.8, 4) is 6.07 Å². The molecule has 0 saturated carbocycles. The normalized spacial score (nSPS) is 21.3. The number of hydrogen-bond acceptors (Lipinski definition) is 14. The third-order valence-electron chi connectivity index (χ3n) is 5.98. The maximum absolute atomic E-state index is 13.0. The number of thioether (sulfide) groups is 2. The van der Waals surface area contributed by atoms with Gasteiger partial charge in [0.15, 0.2) is 30.3 Å². The summed E-state index contributed by atoms with van der Waals surface area (Å²) >= 11 is 2.13. The van der Waals surface area contributed by atoms with Gasteiger partial charge in [-0.05, 0) is 12.1 Å². The second kappa shape index (κ2) is 17.2. The highest BCUT2D eigenvalue weighted by atomic mass is 32.2. The van der Waals surface area contributed by atoms with E-state index < -0.39 is 61.1 Å².